The minimum Gasteiger partial charge on any atom is -0.352 e. The maximum absolute atomic E-state index is 12.7. The summed E-state index contributed by atoms with van der Waals surface area (Å²) in [6.07, 6.45) is 3.17. The van der Waals surface area contributed by atoms with E-state index in [1.54, 1.807) is 26.1 Å². The van der Waals surface area contributed by atoms with E-state index in [4.69, 9.17) is 13.8 Å². The molecule has 0 bridgehead atoms. The van der Waals surface area contributed by atoms with E-state index in [-0.39, 0.29) is 29.9 Å². The standard InChI is InChI=1S/C25H33N4O5P/c1-5-18-19(15-22(32-18)28-13-12-21(27-24(28)31)26-23(30)16(2)3)33-35-29-14-11-20(29)25(4,34-35)17-9-7-6-8-10-17/h6-10,12-13,16,18-20,22H,5,11,14-15H2,1-4H3,(H,26,27,30,31)/t18-,19?,20+,22-,25-,35+/m1/s1. The van der Waals surface area contributed by atoms with Crippen molar-refractivity contribution in [2.75, 3.05) is 11.9 Å². The summed E-state index contributed by atoms with van der Waals surface area (Å²) in [5.74, 6) is -0.137. The summed E-state index contributed by atoms with van der Waals surface area (Å²) in [4.78, 5) is 28.7. The van der Waals surface area contributed by atoms with Crippen LogP contribution in [0.3, 0.4) is 0 Å². The van der Waals surface area contributed by atoms with Crippen LogP contribution in [0, 0.1) is 5.92 Å². The normalized spacial score (nSPS) is 32.4. The first kappa shape index (κ1) is 24.5. The molecule has 6 atom stereocenters. The summed E-state index contributed by atoms with van der Waals surface area (Å²) in [7, 11) is -1.23. The van der Waals surface area contributed by atoms with Crippen molar-refractivity contribution >= 4 is 20.3 Å². The molecule has 0 saturated carbocycles. The zero-order chi connectivity index (χ0) is 24.7. The van der Waals surface area contributed by atoms with Crippen LogP contribution in [0.4, 0.5) is 5.82 Å². The van der Waals surface area contributed by atoms with Crippen molar-refractivity contribution < 1.29 is 18.6 Å². The monoisotopic (exact) mass is 500 g/mol. The lowest BCUT2D eigenvalue weighted by molar-refractivity contribution is -0.118. The molecular weight excluding hydrogens is 467 g/mol. The quantitative estimate of drug-likeness (QED) is 0.571. The van der Waals surface area contributed by atoms with Crippen LogP contribution in [-0.2, 0) is 24.2 Å². The third-order valence-corrected chi connectivity index (χ3v) is 9.06. The van der Waals surface area contributed by atoms with Crippen LogP contribution < -0.4 is 11.0 Å². The smallest absolute Gasteiger partial charge is 0.351 e. The number of hydrogen-bond donors (Lipinski definition) is 1. The molecule has 1 amide bonds. The van der Waals surface area contributed by atoms with Crippen molar-refractivity contribution in [3.63, 3.8) is 0 Å². The number of carbonyl (C=O) groups excluding carboxylic acids is 1. The number of amides is 1. The van der Waals surface area contributed by atoms with Crippen molar-refractivity contribution in [3.05, 3.63) is 58.6 Å². The number of nitrogens with zero attached hydrogens (tertiary/aromatic N) is 3. The largest absolute Gasteiger partial charge is 0.352 e. The van der Waals surface area contributed by atoms with E-state index >= 15 is 0 Å². The van der Waals surface area contributed by atoms with Gasteiger partial charge in [0.25, 0.3) is 8.53 Å². The second kappa shape index (κ2) is 9.71. The lowest BCUT2D eigenvalue weighted by Crippen LogP contribution is -2.49. The Labute approximate surface area is 206 Å². The molecule has 35 heavy (non-hydrogen) atoms. The van der Waals surface area contributed by atoms with Gasteiger partial charge in [-0.1, -0.05) is 51.1 Å². The average Bonchev–Trinajstić information content (AvgIpc) is 3.29. The molecule has 0 spiro atoms. The number of nitrogens with one attached hydrogen (secondary N) is 1. The number of anilines is 1. The molecular formula is C25H33N4O5P. The van der Waals surface area contributed by atoms with Gasteiger partial charge in [-0.05, 0) is 31.4 Å². The van der Waals surface area contributed by atoms with Crippen LogP contribution >= 0.6 is 8.53 Å². The van der Waals surface area contributed by atoms with Gasteiger partial charge in [-0.3, -0.25) is 9.36 Å². The van der Waals surface area contributed by atoms with Crippen LogP contribution in [0.2, 0.25) is 0 Å². The molecule has 188 valence electrons. The number of carbonyl (C=O) groups is 1. The highest BCUT2D eigenvalue weighted by Gasteiger charge is 2.58. The van der Waals surface area contributed by atoms with E-state index in [0.29, 0.717) is 12.5 Å². The summed E-state index contributed by atoms with van der Waals surface area (Å²) < 4.78 is 23.2. The zero-order valence-corrected chi connectivity index (χ0v) is 21.5. The van der Waals surface area contributed by atoms with E-state index in [9.17, 15) is 9.59 Å². The highest BCUT2D eigenvalue weighted by Crippen LogP contribution is 2.65. The van der Waals surface area contributed by atoms with E-state index in [0.717, 1.165) is 24.9 Å². The van der Waals surface area contributed by atoms with Crippen LogP contribution in [-0.4, -0.2) is 44.9 Å². The van der Waals surface area contributed by atoms with Crippen molar-refractivity contribution in [2.24, 2.45) is 5.92 Å². The van der Waals surface area contributed by atoms with Gasteiger partial charge in [0.15, 0.2) is 0 Å². The lowest BCUT2D eigenvalue weighted by atomic mass is 9.83. The first-order valence-corrected chi connectivity index (χ1v) is 13.5. The first-order valence-electron chi connectivity index (χ1n) is 12.3. The van der Waals surface area contributed by atoms with E-state index < -0.39 is 26.0 Å². The van der Waals surface area contributed by atoms with Crippen molar-refractivity contribution in [1.29, 1.82) is 0 Å². The van der Waals surface area contributed by atoms with Gasteiger partial charge >= 0.3 is 5.69 Å². The van der Waals surface area contributed by atoms with Gasteiger partial charge in [0.05, 0.1) is 18.2 Å². The summed E-state index contributed by atoms with van der Waals surface area (Å²) in [6, 6.07) is 12.3. The van der Waals surface area contributed by atoms with Gasteiger partial charge in [-0.15, -0.1) is 0 Å². The van der Waals surface area contributed by atoms with Crippen LogP contribution in [0.1, 0.15) is 58.7 Å². The van der Waals surface area contributed by atoms with E-state index in [1.165, 1.54) is 4.57 Å². The lowest BCUT2D eigenvalue weighted by Gasteiger charge is -2.40. The molecule has 0 radical (unpaired) electrons. The summed E-state index contributed by atoms with van der Waals surface area (Å²) >= 11 is 0. The minimum absolute atomic E-state index is 0.151. The molecule has 3 aliphatic rings. The molecule has 1 unspecified atom stereocenters. The third kappa shape index (κ3) is 4.56. The van der Waals surface area contributed by atoms with Gasteiger partial charge in [-0.2, -0.15) is 4.98 Å². The fraction of sp³-hybridized carbons (Fsp3) is 0.560. The molecule has 1 aromatic heterocycles. The second-order valence-corrected chi connectivity index (χ2v) is 11.2. The zero-order valence-electron chi connectivity index (χ0n) is 20.6. The molecule has 9 nitrogen and oxygen atoms in total. The molecule has 1 N–H and O–H groups in total. The highest BCUT2D eigenvalue weighted by atomic mass is 31.2. The maximum Gasteiger partial charge on any atom is 0.351 e. The van der Waals surface area contributed by atoms with Crippen molar-refractivity contribution in [2.45, 2.75) is 77.0 Å². The molecule has 3 fully saturated rings. The second-order valence-electron chi connectivity index (χ2n) is 9.83. The van der Waals surface area contributed by atoms with Crippen molar-refractivity contribution in [3.8, 4) is 0 Å². The van der Waals surface area contributed by atoms with Gasteiger partial charge in [0, 0.05) is 25.1 Å². The molecule has 2 aromatic rings. The molecule has 0 aliphatic carbocycles. The van der Waals surface area contributed by atoms with E-state index in [2.05, 4.69) is 41.0 Å². The Morgan fingerprint density at radius 2 is 2.09 bits per heavy atom. The Morgan fingerprint density at radius 1 is 1.31 bits per heavy atom. The number of hydrogen-bond acceptors (Lipinski definition) is 7. The fourth-order valence-corrected chi connectivity index (χ4v) is 7.05. The number of rotatable bonds is 7. The Morgan fingerprint density at radius 3 is 2.71 bits per heavy atom. The molecule has 5 rings (SSSR count). The van der Waals surface area contributed by atoms with Gasteiger partial charge in [-0.25, -0.2) is 9.46 Å². The first-order chi connectivity index (χ1) is 16.8. The highest BCUT2D eigenvalue weighted by molar-refractivity contribution is 7.45. The topological polar surface area (TPSA) is 94.9 Å². The molecule has 4 heterocycles. The summed E-state index contributed by atoms with van der Waals surface area (Å²) in [6.45, 7) is 8.74. The summed E-state index contributed by atoms with van der Waals surface area (Å²) in [5.41, 5.74) is 0.301. The van der Waals surface area contributed by atoms with Crippen LogP contribution in [0.25, 0.3) is 0 Å². The Bertz CT molecular complexity index is 1130. The Kier molecular flexibility index (Phi) is 6.81. The maximum atomic E-state index is 12.7. The average molecular weight is 501 g/mol. The summed E-state index contributed by atoms with van der Waals surface area (Å²) in [5, 5.41) is 2.67. The number of fused-ring (bicyclic) bond motifs is 1. The third-order valence-electron chi connectivity index (χ3n) is 7.18. The SMILES string of the molecule is CC[C@H]1O[C@@H](n2ccc(NC(=O)C(C)C)nc2=O)CC1O[P@@]1O[C@](C)(c2ccccc2)[C@@H]2CCN21. The van der Waals surface area contributed by atoms with Gasteiger partial charge < -0.3 is 19.1 Å². The fourth-order valence-electron chi connectivity index (χ4n) is 4.93. The van der Waals surface area contributed by atoms with Crippen LogP contribution in [0.5, 0.6) is 0 Å². The Balaban J connectivity index is 1.28. The van der Waals surface area contributed by atoms with E-state index in [1.807, 2.05) is 18.2 Å². The predicted octanol–water partition coefficient (Wildman–Crippen LogP) is 4.17. The molecule has 10 heteroatoms. The van der Waals surface area contributed by atoms with Crippen LogP contribution in [0.15, 0.2) is 47.4 Å². The number of benzene rings is 1. The Hall–Kier alpha value is -2.16. The predicted molar refractivity (Wildman–Crippen MR) is 133 cm³/mol. The minimum atomic E-state index is -1.23. The van der Waals surface area contributed by atoms with Gasteiger partial charge in [0.1, 0.15) is 17.6 Å². The molecule has 3 aliphatic heterocycles. The number of aromatic nitrogens is 2. The molecule has 1 aromatic carbocycles. The molecule has 3 saturated heterocycles. The van der Waals surface area contributed by atoms with Crippen molar-refractivity contribution in [1.82, 2.24) is 14.2 Å². The van der Waals surface area contributed by atoms with Gasteiger partial charge in [0.2, 0.25) is 5.91 Å². The number of ether oxygens (including phenoxy) is 1.